The summed E-state index contributed by atoms with van der Waals surface area (Å²) in [5.74, 6) is -0.662. The summed E-state index contributed by atoms with van der Waals surface area (Å²) in [4.78, 5) is 21.6. The molecule has 0 aromatic rings. The lowest BCUT2D eigenvalue weighted by molar-refractivity contribution is -0.121. The Labute approximate surface area is 92.3 Å². The van der Waals surface area contributed by atoms with Crippen LogP contribution in [0.2, 0.25) is 0 Å². The van der Waals surface area contributed by atoms with E-state index >= 15 is 0 Å². The second-order valence-electron chi connectivity index (χ2n) is 2.76. The number of hydrogen-bond donors (Lipinski definition) is 4. The van der Waals surface area contributed by atoms with E-state index < -0.39 is 18.2 Å². The molecule has 16 heavy (non-hydrogen) atoms. The topological polar surface area (TPSA) is 131 Å². The molecule has 0 fully saturated rings. The summed E-state index contributed by atoms with van der Waals surface area (Å²) in [7, 11) is 0. The van der Waals surface area contributed by atoms with Gasteiger partial charge in [0.25, 0.3) is 0 Å². The van der Waals surface area contributed by atoms with Crippen LogP contribution in [0.1, 0.15) is 6.42 Å². The van der Waals surface area contributed by atoms with Gasteiger partial charge in [-0.15, -0.1) is 0 Å². The van der Waals surface area contributed by atoms with E-state index in [1.165, 1.54) is 0 Å². The maximum absolute atomic E-state index is 11.0. The smallest absolute Gasteiger partial charge is 0.409 e. The molecule has 0 aliphatic rings. The number of primary amides is 1. The molecule has 0 bridgehead atoms. The van der Waals surface area contributed by atoms with Gasteiger partial charge in [-0.1, -0.05) is 0 Å². The van der Waals surface area contributed by atoms with Gasteiger partial charge in [0.1, 0.15) is 12.8 Å². The van der Waals surface area contributed by atoms with Gasteiger partial charge >= 0.3 is 6.09 Å². The van der Waals surface area contributed by atoms with Crippen molar-refractivity contribution in [1.29, 1.82) is 0 Å². The first-order valence-corrected chi connectivity index (χ1v) is 4.65. The molecular weight excluding hydrogens is 220 g/mol. The van der Waals surface area contributed by atoms with E-state index in [4.69, 9.17) is 20.7 Å². The van der Waals surface area contributed by atoms with E-state index in [0.717, 1.165) is 0 Å². The zero-order valence-electron chi connectivity index (χ0n) is 8.72. The van der Waals surface area contributed by atoms with Crippen molar-refractivity contribution < 1.29 is 29.3 Å². The second kappa shape index (κ2) is 8.89. The molecule has 0 spiro atoms. The number of hydrogen-bond acceptors (Lipinski definition) is 6. The highest BCUT2D eigenvalue weighted by molar-refractivity contribution is 5.75. The zero-order chi connectivity index (χ0) is 12.4. The quantitative estimate of drug-likeness (QED) is 0.357. The van der Waals surface area contributed by atoms with E-state index in [2.05, 4.69) is 10.1 Å². The summed E-state index contributed by atoms with van der Waals surface area (Å²) < 4.78 is 9.42. The van der Waals surface area contributed by atoms with Crippen LogP contribution in [-0.4, -0.2) is 54.9 Å². The summed E-state index contributed by atoms with van der Waals surface area (Å²) in [6.45, 7) is -0.749. The molecule has 1 unspecified atom stereocenters. The van der Waals surface area contributed by atoms with Crippen molar-refractivity contribution in [3.8, 4) is 0 Å². The van der Waals surface area contributed by atoms with Crippen LogP contribution >= 0.6 is 0 Å². The van der Waals surface area contributed by atoms with Gasteiger partial charge in [0.05, 0.1) is 26.2 Å². The number of amides is 2. The Balaban J connectivity index is 3.97. The highest BCUT2D eigenvalue weighted by Gasteiger charge is 2.15. The van der Waals surface area contributed by atoms with Crippen molar-refractivity contribution in [3.05, 3.63) is 0 Å². The number of carbonyl (C=O) groups excluding carboxylic acids is 2. The van der Waals surface area contributed by atoms with Gasteiger partial charge in [-0.3, -0.25) is 10.1 Å². The van der Waals surface area contributed by atoms with E-state index in [0.29, 0.717) is 0 Å². The molecule has 0 aliphatic heterocycles. The summed E-state index contributed by atoms with van der Waals surface area (Å²) in [6.07, 6.45) is -2.01. The lowest BCUT2D eigenvalue weighted by atomic mass is 10.3. The minimum atomic E-state index is -0.948. The molecule has 0 aromatic heterocycles. The number of nitrogens with two attached hydrogens (primary N) is 1. The van der Waals surface area contributed by atoms with Crippen LogP contribution in [0.3, 0.4) is 0 Å². The lowest BCUT2D eigenvalue weighted by Crippen LogP contribution is -2.40. The SMILES string of the molecule is NC(=O)CC(NC(=O)OCCO)OCCO. The number of aliphatic hydroxyl groups is 2. The predicted molar refractivity (Wildman–Crippen MR) is 52.2 cm³/mol. The van der Waals surface area contributed by atoms with Crippen molar-refractivity contribution in [1.82, 2.24) is 5.32 Å². The van der Waals surface area contributed by atoms with Gasteiger partial charge in [0.15, 0.2) is 0 Å². The van der Waals surface area contributed by atoms with Crippen LogP contribution in [0.4, 0.5) is 4.79 Å². The molecule has 1 atom stereocenters. The fraction of sp³-hybridized carbons (Fsp3) is 0.750. The van der Waals surface area contributed by atoms with Crippen LogP contribution in [-0.2, 0) is 14.3 Å². The molecule has 0 rings (SSSR count). The van der Waals surface area contributed by atoms with Gasteiger partial charge in [0.2, 0.25) is 5.91 Å². The molecule has 2 amide bonds. The van der Waals surface area contributed by atoms with E-state index in [1.54, 1.807) is 0 Å². The highest BCUT2D eigenvalue weighted by Crippen LogP contribution is 1.95. The Hall–Kier alpha value is -1.38. The third-order valence-electron chi connectivity index (χ3n) is 1.40. The van der Waals surface area contributed by atoms with Gasteiger partial charge in [-0.2, -0.15) is 0 Å². The third kappa shape index (κ3) is 7.97. The van der Waals surface area contributed by atoms with E-state index in [9.17, 15) is 9.59 Å². The van der Waals surface area contributed by atoms with Crippen molar-refractivity contribution in [2.75, 3.05) is 26.4 Å². The Morgan fingerprint density at radius 3 is 2.38 bits per heavy atom. The molecule has 0 aromatic carbocycles. The van der Waals surface area contributed by atoms with Crippen molar-refractivity contribution >= 4 is 12.0 Å². The number of alkyl carbamates (subject to hydrolysis) is 1. The fourth-order valence-corrected chi connectivity index (χ4v) is 0.841. The van der Waals surface area contributed by atoms with Gasteiger partial charge in [-0.25, -0.2) is 4.79 Å². The monoisotopic (exact) mass is 236 g/mol. The first-order chi connectivity index (χ1) is 7.60. The average Bonchev–Trinajstić information content (AvgIpc) is 2.22. The van der Waals surface area contributed by atoms with Crippen molar-refractivity contribution in [3.63, 3.8) is 0 Å². The van der Waals surface area contributed by atoms with Crippen molar-refractivity contribution in [2.45, 2.75) is 12.6 Å². The minimum Gasteiger partial charge on any atom is -0.447 e. The molecule has 8 nitrogen and oxygen atoms in total. The van der Waals surface area contributed by atoms with Gasteiger partial charge < -0.3 is 25.4 Å². The third-order valence-corrected chi connectivity index (χ3v) is 1.40. The lowest BCUT2D eigenvalue weighted by Gasteiger charge is -2.17. The maximum atomic E-state index is 11.0. The first kappa shape index (κ1) is 14.6. The minimum absolute atomic E-state index is 0.0434. The van der Waals surface area contributed by atoms with E-state index in [1.807, 2.05) is 0 Å². The Bertz CT molecular complexity index is 223. The van der Waals surface area contributed by atoms with Gasteiger partial charge in [-0.05, 0) is 0 Å². The molecule has 8 heteroatoms. The van der Waals surface area contributed by atoms with Crippen LogP contribution in [0, 0.1) is 0 Å². The molecule has 0 saturated carbocycles. The van der Waals surface area contributed by atoms with Gasteiger partial charge in [0, 0.05) is 0 Å². The van der Waals surface area contributed by atoms with Crippen LogP contribution in [0.5, 0.6) is 0 Å². The number of rotatable bonds is 8. The van der Waals surface area contributed by atoms with Crippen LogP contribution in [0.25, 0.3) is 0 Å². The summed E-state index contributed by atoms with van der Waals surface area (Å²) >= 11 is 0. The molecule has 0 aliphatic carbocycles. The molecular formula is C8H16N2O6. The Morgan fingerprint density at radius 2 is 1.88 bits per heavy atom. The maximum Gasteiger partial charge on any atom is 0.409 e. The number of ether oxygens (including phenoxy) is 2. The fourth-order valence-electron chi connectivity index (χ4n) is 0.841. The molecule has 0 heterocycles. The normalized spacial score (nSPS) is 11.9. The van der Waals surface area contributed by atoms with E-state index in [-0.39, 0.29) is 32.8 Å². The molecule has 94 valence electrons. The summed E-state index contributed by atoms with van der Waals surface area (Å²) in [6, 6.07) is 0. The number of nitrogens with one attached hydrogen (secondary N) is 1. The second-order valence-corrected chi connectivity index (χ2v) is 2.76. The van der Waals surface area contributed by atoms with Crippen LogP contribution < -0.4 is 11.1 Å². The molecule has 5 N–H and O–H groups in total. The first-order valence-electron chi connectivity index (χ1n) is 4.65. The summed E-state index contributed by atoms with van der Waals surface area (Å²) in [5.41, 5.74) is 4.93. The Kier molecular flexibility index (Phi) is 8.12. The Morgan fingerprint density at radius 1 is 1.25 bits per heavy atom. The van der Waals surface area contributed by atoms with Crippen molar-refractivity contribution in [2.24, 2.45) is 5.73 Å². The average molecular weight is 236 g/mol. The number of aliphatic hydroxyl groups excluding tert-OH is 2. The predicted octanol–water partition coefficient (Wildman–Crippen LogP) is -2.08. The highest BCUT2D eigenvalue weighted by atomic mass is 16.6. The molecule has 0 radical (unpaired) electrons. The molecule has 0 saturated heterocycles. The number of carbonyl (C=O) groups is 2. The standard InChI is InChI=1S/C8H16N2O6/c9-6(13)5-7(15-3-1-11)10-8(14)16-4-2-12/h7,11-12H,1-5H2,(H2,9,13)(H,10,14). The largest absolute Gasteiger partial charge is 0.447 e. The van der Waals surface area contributed by atoms with Crippen LogP contribution in [0.15, 0.2) is 0 Å². The summed E-state index contributed by atoms with van der Waals surface area (Å²) in [5, 5.41) is 19.1. The zero-order valence-corrected chi connectivity index (χ0v) is 8.72.